The van der Waals surface area contributed by atoms with Crippen LogP contribution >= 0.6 is 23.4 Å². The van der Waals surface area contributed by atoms with Gasteiger partial charge in [0.15, 0.2) is 10.6 Å². The van der Waals surface area contributed by atoms with E-state index >= 15 is 8.78 Å². The molecule has 0 spiro atoms. The molecule has 1 saturated heterocycles. The number of nitrogen functional groups attached to an aromatic ring is 1. The van der Waals surface area contributed by atoms with E-state index in [1.165, 1.54) is 28.8 Å². The van der Waals surface area contributed by atoms with Crippen molar-refractivity contribution in [3.05, 3.63) is 82.5 Å². The lowest BCUT2D eigenvalue weighted by Crippen LogP contribution is -2.32. The highest BCUT2D eigenvalue weighted by molar-refractivity contribution is 8.08. The maximum Gasteiger partial charge on any atom is 0.255 e. The molecule has 35 heavy (non-hydrogen) atoms. The molecule has 1 aliphatic rings. The first kappa shape index (κ1) is 23.5. The monoisotopic (exact) mass is 519 g/mol. The number of carbonyl (C=O) groups excluding carboxylic acids is 1. The summed E-state index contributed by atoms with van der Waals surface area (Å²) in [6.07, 6.45) is 0.0409. The van der Waals surface area contributed by atoms with E-state index in [2.05, 4.69) is 15.4 Å². The molecular formula is C23H17ClF3N5O2S. The number of rotatable bonds is 6. The summed E-state index contributed by atoms with van der Waals surface area (Å²) in [5.74, 6) is -2.13. The van der Waals surface area contributed by atoms with Gasteiger partial charge in [0.1, 0.15) is 17.7 Å². The van der Waals surface area contributed by atoms with Crippen LogP contribution in [0.5, 0.6) is 0 Å². The van der Waals surface area contributed by atoms with Gasteiger partial charge in [-0.1, -0.05) is 23.7 Å². The van der Waals surface area contributed by atoms with Gasteiger partial charge >= 0.3 is 0 Å². The zero-order valence-corrected chi connectivity index (χ0v) is 19.3. The summed E-state index contributed by atoms with van der Waals surface area (Å²) >= 11 is 6.94. The molecular weight excluding hydrogens is 503 g/mol. The Kier molecular flexibility index (Phi) is 5.86. The van der Waals surface area contributed by atoms with Gasteiger partial charge in [0, 0.05) is 18.3 Å². The van der Waals surface area contributed by atoms with Gasteiger partial charge in [-0.15, -0.1) is 16.9 Å². The molecule has 4 N–H and O–H groups in total. The topological polar surface area (TPSA) is 106 Å². The number of hydrogen-bond donors (Lipinski definition) is 3. The maximum absolute atomic E-state index is 15.4. The fourth-order valence-corrected chi connectivity index (χ4v) is 5.05. The van der Waals surface area contributed by atoms with Gasteiger partial charge < -0.3 is 16.2 Å². The van der Waals surface area contributed by atoms with Crippen molar-refractivity contribution in [1.82, 2.24) is 19.9 Å². The highest BCUT2D eigenvalue weighted by Gasteiger charge is 2.62. The van der Waals surface area contributed by atoms with Crippen molar-refractivity contribution in [2.75, 3.05) is 12.3 Å². The number of nitrogens with one attached hydrogen (secondary N) is 1. The second kappa shape index (κ2) is 8.74. The number of halogens is 4. The number of thioether (sulfide) groups is 1. The fourth-order valence-electron chi connectivity index (χ4n) is 3.80. The first-order chi connectivity index (χ1) is 16.7. The largest absolute Gasteiger partial charge is 0.384 e. The zero-order chi connectivity index (χ0) is 24.9. The molecule has 2 aromatic carbocycles. The second-order valence-corrected chi connectivity index (χ2v) is 9.78. The molecule has 3 atom stereocenters. The van der Waals surface area contributed by atoms with Gasteiger partial charge in [0.2, 0.25) is 5.95 Å². The Morgan fingerprint density at radius 2 is 2.00 bits per heavy atom. The van der Waals surface area contributed by atoms with Crippen LogP contribution in [0.4, 0.5) is 19.1 Å². The molecule has 1 aliphatic heterocycles. The Morgan fingerprint density at radius 1 is 1.26 bits per heavy atom. The maximum atomic E-state index is 15.4. The second-order valence-electron chi connectivity index (χ2n) is 7.94. The molecule has 7 nitrogen and oxygen atoms in total. The lowest BCUT2D eigenvalue weighted by atomic mass is 10.0. The quantitative estimate of drug-likeness (QED) is 0.330. The van der Waals surface area contributed by atoms with Crippen LogP contribution in [0.2, 0.25) is 5.02 Å². The van der Waals surface area contributed by atoms with E-state index in [4.69, 9.17) is 17.3 Å². The number of alkyl halides is 1. The zero-order valence-electron chi connectivity index (χ0n) is 17.8. The van der Waals surface area contributed by atoms with E-state index in [1.807, 2.05) is 0 Å². The first-order valence-corrected chi connectivity index (χ1v) is 11.6. The van der Waals surface area contributed by atoms with Crippen molar-refractivity contribution < 1.29 is 23.1 Å². The van der Waals surface area contributed by atoms with Gasteiger partial charge in [-0.2, -0.15) is 4.98 Å². The Hall–Kier alpha value is -3.28. The van der Waals surface area contributed by atoms with Gasteiger partial charge in [-0.25, -0.2) is 17.7 Å². The Labute approximate surface area is 206 Å². The number of fused-ring (bicyclic) bond motifs is 1. The van der Waals surface area contributed by atoms with Gasteiger partial charge in [0.05, 0.1) is 15.8 Å². The van der Waals surface area contributed by atoms with E-state index < -0.39 is 33.9 Å². The van der Waals surface area contributed by atoms with Crippen LogP contribution in [-0.2, 0) is 0 Å². The molecule has 12 heteroatoms. The van der Waals surface area contributed by atoms with Gasteiger partial charge in [-0.3, -0.25) is 4.79 Å². The van der Waals surface area contributed by atoms with Gasteiger partial charge in [-0.05, 0) is 47.5 Å². The van der Waals surface area contributed by atoms with Crippen LogP contribution in [0.3, 0.4) is 0 Å². The number of aromatic nitrogens is 3. The lowest BCUT2D eigenvalue weighted by Gasteiger charge is -2.15. The molecule has 180 valence electrons. The van der Waals surface area contributed by atoms with E-state index in [-0.39, 0.29) is 34.2 Å². The number of carbonyl (C=O) groups is 1. The molecule has 4 aromatic rings. The highest BCUT2D eigenvalue weighted by atomic mass is 35.5. The number of amides is 1. The number of aliphatic hydroxyl groups excluding tert-OH is 1. The molecule has 0 radical (unpaired) electrons. The van der Waals surface area contributed by atoms with E-state index in [0.29, 0.717) is 11.2 Å². The minimum absolute atomic E-state index is 0.0604. The number of benzene rings is 2. The number of pyridine rings is 1. The molecule has 1 amide bonds. The number of anilines is 1. The number of hydrogen-bond acceptors (Lipinski definition) is 6. The third-order valence-electron chi connectivity index (χ3n) is 5.69. The Morgan fingerprint density at radius 3 is 2.74 bits per heavy atom. The molecule has 2 aromatic heterocycles. The van der Waals surface area contributed by atoms with Crippen LogP contribution in [0.1, 0.15) is 22.0 Å². The molecule has 0 bridgehead atoms. The smallest absolute Gasteiger partial charge is 0.255 e. The summed E-state index contributed by atoms with van der Waals surface area (Å²) in [7, 11) is 0. The summed E-state index contributed by atoms with van der Waals surface area (Å²) < 4.78 is 45.0. The third kappa shape index (κ3) is 4.30. The third-order valence-corrected chi connectivity index (χ3v) is 7.42. The van der Waals surface area contributed by atoms with Gasteiger partial charge in [0.25, 0.3) is 5.91 Å². The fraction of sp³-hybridized carbons (Fsp3) is 0.174. The Balaban J connectivity index is 1.32. The average Bonchev–Trinajstić information content (AvgIpc) is 3.34. The predicted molar refractivity (Wildman–Crippen MR) is 127 cm³/mol. The molecule has 0 saturated carbocycles. The van der Waals surface area contributed by atoms with Crippen molar-refractivity contribution in [3.63, 3.8) is 0 Å². The van der Waals surface area contributed by atoms with E-state index in [0.717, 1.165) is 23.9 Å². The molecule has 5 rings (SSSR count). The highest BCUT2D eigenvalue weighted by Crippen LogP contribution is 2.61. The predicted octanol–water partition coefficient (Wildman–Crippen LogP) is 4.15. The molecule has 3 unspecified atom stereocenters. The standard InChI is InChI=1S/C23H17ClF3N5O2S/c24-15-6-5-14(12-7-8-32-17(9-12)30-22(28)31-32)19(26)18(15)21(34)29-10-16-23(27,35-16)20(33)11-1-3-13(25)4-2-11/h1-9,16,20,33H,10H2,(H2,28,31)(H,29,34). The summed E-state index contributed by atoms with van der Waals surface area (Å²) in [5, 5.41) is 13.8. The molecule has 3 heterocycles. The average molecular weight is 520 g/mol. The Bertz CT molecular complexity index is 1450. The summed E-state index contributed by atoms with van der Waals surface area (Å²) in [6, 6.07) is 10.8. The van der Waals surface area contributed by atoms with E-state index in [1.54, 1.807) is 18.3 Å². The summed E-state index contributed by atoms with van der Waals surface area (Å²) in [5.41, 5.74) is 6.34. The van der Waals surface area contributed by atoms with Crippen LogP contribution in [-0.4, -0.2) is 42.4 Å². The number of nitrogens with zero attached hydrogens (tertiary/aromatic N) is 3. The van der Waals surface area contributed by atoms with Crippen molar-refractivity contribution >= 4 is 40.9 Å². The van der Waals surface area contributed by atoms with Crippen LogP contribution in [0.25, 0.3) is 16.8 Å². The van der Waals surface area contributed by atoms with Crippen LogP contribution in [0.15, 0.2) is 54.7 Å². The lowest BCUT2D eigenvalue weighted by molar-refractivity contribution is 0.0731. The number of aliphatic hydroxyl groups is 1. The summed E-state index contributed by atoms with van der Waals surface area (Å²) in [6.45, 7) is -0.177. The minimum atomic E-state index is -2.06. The van der Waals surface area contributed by atoms with Crippen LogP contribution < -0.4 is 11.1 Å². The summed E-state index contributed by atoms with van der Waals surface area (Å²) in [4.78, 5) is 16.8. The first-order valence-electron chi connectivity index (χ1n) is 10.4. The van der Waals surface area contributed by atoms with Crippen LogP contribution in [0, 0.1) is 11.6 Å². The number of nitrogens with two attached hydrogens (primary N) is 1. The molecule has 0 aliphatic carbocycles. The van der Waals surface area contributed by atoms with E-state index in [9.17, 15) is 14.3 Å². The minimum Gasteiger partial charge on any atom is -0.384 e. The van der Waals surface area contributed by atoms with Crippen molar-refractivity contribution in [2.45, 2.75) is 16.4 Å². The SMILES string of the molecule is Nc1nc2cc(-c3ccc(Cl)c(C(=O)NCC4SC4(F)C(O)c4ccc(F)cc4)c3F)ccn2n1. The van der Waals surface area contributed by atoms with Crippen molar-refractivity contribution in [1.29, 1.82) is 0 Å². The van der Waals surface area contributed by atoms with Crippen molar-refractivity contribution in [2.24, 2.45) is 0 Å². The normalized spacial score (nSPS) is 20.1. The van der Waals surface area contributed by atoms with Crippen molar-refractivity contribution in [3.8, 4) is 11.1 Å². The molecule has 1 fully saturated rings.